The molecule has 7 heteroatoms. The lowest BCUT2D eigenvalue weighted by atomic mass is 10.3. The maximum absolute atomic E-state index is 12.8. The zero-order valence-corrected chi connectivity index (χ0v) is 10.9. The maximum atomic E-state index is 12.8. The van der Waals surface area contributed by atoms with Crippen LogP contribution in [0, 0.1) is 5.82 Å². The fourth-order valence-electron chi connectivity index (χ4n) is 1.41. The van der Waals surface area contributed by atoms with E-state index in [1.54, 1.807) is 0 Å². The van der Waals surface area contributed by atoms with E-state index in [2.05, 4.69) is 10.6 Å². The summed E-state index contributed by atoms with van der Waals surface area (Å²) in [6, 6.07) is 3.71. The van der Waals surface area contributed by atoms with E-state index in [0.717, 1.165) is 24.6 Å². The molecule has 0 aromatic heterocycles. The largest absolute Gasteiger partial charge is 0.398 e. The summed E-state index contributed by atoms with van der Waals surface area (Å²) in [4.78, 5) is 23.4. The normalized spacial score (nSPS) is 13.9. The molecule has 0 heterocycles. The van der Waals surface area contributed by atoms with E-state index in [1.165, 1.54) is 18.2 Å². The molecule has 5 nitrogen and oxygen atoms in total. The Morgan fingerprint density at radius 3 is 2.79 bits per heavy atom. The minimum absolute atomic E-state index is 0.0495. The first kappa shape index (κ1) is 13.7. The van der Waals surface area contributed by atoms with Gasteiger partial charge in [0.05, 0.1) is 5.75 Å². The second-order valence-corrected chi connectivity index (χ2v) is 5.28. The Morgan fingerprint density at radius 2 is 2.16 bits per heavy atom. The molecular weight excluding hydrogens is 269 g/mol. The number of thioether (sulfide) groups is 1. The highest BCUT2D eigenvalue weighted by atomic mass is 32.2. The number of amides is 3. The second-order valence-electron chi connectivity index (χ2n) is 4.27. The van der Waals surface area contributed by atoms with Crippen LogP contribution < -0.4 is 16.4 Å². The molecule has 1 aromatic rings. The number of halogens is 1. The molecule has 1 aromatic carbocycles. The summed E-state index contributed by atoms with van der Waals surface area (Å²) in [6.45, 7) is 0. The van der Waals surface area contributed by atoms with E-state index < -0.39 is 17.8 Å². The van der Waals surface area contributed by atoms with E-state index in [9.17, 15) is 14.0 Å². The summed E-state index contributed by atoms with van der Waals surface area (Å²) >= 11 is 1.16. The molecule has 0 aliphatic heterocycles. The van der Waals surface area contributed by atoms with Gasteiger partial charge in [0.2, 0.25) is 5.91 Å². The molecule has 1 aliphatic carbocycles. The van der Waals surface area contributed by atoms with Crippen LogP contribution in [-0.2, 0) is 4.79 Å². The van der Waals surface area contributed by atoms with Gasteiger partial charge < -0.3 is 11.1 Å². The lowest BCUT2D eigenvalue weighted by Crippen LogP contribution is -2.41. The van der Waals surface area contributed by atoms with E-state index >= 15 is 0 Å². The molecule has 3 amide bonds. The lowest BCUT2D eigenvalue weighted by Gasteiger charge is -2.07. The molecule has 102 valence electrons. The number of benzene rings is 1. The number of nitrogen functional groups attached to an aromatic ring is 1. The van der Waals surface area contributed by atoms with Crippen molar-refractivity contribution in [1.82, 2.24) is 10.6 Å². The van der Waals surface area contributed by atoms with E-state index in [-0.39, 0.29) is 17.5 Å². The van der Waals surface area contributed by atoms with Crippen LogP contribution in [0.1, 0.15) is 12.8 Å². The molecule has 0 unspecified atom stereocenters. The number of rotatable bonds is 4. The Balaban J connectivity index is 1.77. The first-order valence-corrected chi connectivity index (χ1v) is 6.81. The topological polar surface area (TPSA) is 84.2 Å². The summed E-state index contributed by atoms with van der Waals surface area (Å²) in [7, 11) is 0. The monoisotopic (exact) mass is 283 g/mol. The van der Waals surface area contributed by atoms with Crippen LogP contribution in [0.2, 0.25) is 0 Å². The minimum Gasteiger partial charge on any atom is -0.398 e. The molecule has 1 fully saturated rings. The third-order valence-corrected chi connectivity index (χ3v) is 3.59. The van der Waals surface area contributed by atoms with Gasteiger partial charge in [0.1, 0.15) is 5.82 Å². The molecule has 0 radical (unpaired) electrons. The van der Waals surface area contributed by atoms with Crippen molar-refractivity contribution in [2.75, 3.05) is 11.5 Å². The smallest absolute Gasteiger partial charge is 0.321 e. The van der Waals surface area contributed by atoms with Gasteiger partial charge in [-0.1, -0.05) is 0 Å². The van der Waals surface area contributed by atoms with Crippen LogP contribution in [0.4, 0.5) is 14.9 Å². The summed E-state index contributed by atoms with van der Waals surface area (Å²) < 4.78 is 12.8. The van der Waals surface area contributed by atoms with E-state index in [4.69, 9.17) is 5.73 Å². The summed E-state index contributed by atoms with van der Waals surface area (Å²) in [5, 5.41) is 4.88. The SMILES string of the molecule is Nc1cc(F)ccc1SCC(=O)NC(=O)NC1CC1. The highest BCUT2D eigenvalue weighted by Gasteiger charge is 2.23. The van der Waals surface area contributed by atoms with Crippen molar-refractivity contribution < 1.29 is 14.0 Å². The fourth-order valence-corrected chi connectivity index (χ4v) is 2.15. The second kappa shape index (κ2) is 5.92. The van der Waals surface area contributed by atoms with Gasteiger partial charge in [-0.15, -0.1) is 11.8 Å². The first-order valence-electron chi connectivity index (χ1n) is 5.83. The zero-order chi connectivity index (χ0) is 13.8. The van der Waals surface area contributed by atoms with Crippen molar-refractivity contribution in [3.63, 3.8) is 0 Å². The van der Waals surface area contributed by atoms with Crippen LogP contribution in [0.25, 0.3) is 0 Å². The summed E-state index contributed by atoms with van der Waals surface area (Å²) in [6.07, 6.45) is 1.92. The number of nitrogens with two attached hydrogens (primary N) is 1. The molecule has 0 atom stereocenters. The van der Waals surface area contributed by atoms with E-state index in [0.29, 0.717) is 4.90 Å². The molecule has 19 heavy (non-hydrogen) atoms. The number of carbonyl (C=O) groups excluding carboxylic acids is 2. The van der Waals surface area contributed by atoms with Gasteiger partial charge in [0.15, 0.2) is 0 Å². The Kier molecular flexibility index (Phi) is 4.26. The van der Waals surface area contributed by atoms with Gasteiger partial charge in [-0.05, 0) is 31.0 Å². The minimum atomic E-state index is -0.472. The molecule has 0 bridgehead atoms. The van der Waals surface area contributed by atoms with Gasteiger partial charge in [-0.2, -0.15) is 0 Å². The molecule has 1 aliphatic rings. The van der Waals surface area contributed by atoms with Crippen LogP contribution in [-0.4, -0.2) is 23.7 Å². The van der Waals surface area contributed by atoms with Crippen molar-refractivity contribution >= 4 is 29.4 Å². The predicted molar refractivity (Wildman–Crippen MR) is 71.2 cm³/mol. The van der Waals surface area contributed by atoms with Gasteiger partial charge in [-0.25, -0.2) is 9.18 Å². The molecule has 0 saturated heterocycles. The van der Waals surface area contributed by atoms with Crippen LogP contribution in [0.15, 0.2) is 23.1 Å². The van der Waals surface area contributed by atoms with Crippen molar-refractivity contribution in [3.05, 3.63) is 24.0 Å². The van der Waals surface area contributed by atoms with Gasteiger partial charge in [0.25, 0.3) is 0 Å². The predicted octanol–water partition coefficient (Wildman–Crippen LogP) is 1.49. The number of urea groups is 1. The molecule has 4 N–H and O–H groups in total. The first-order chi connectivity index (χ1) is 9.04. The fraction of sp³-hybridized carbons (Fsp3) is 0.333. The summed E-state index contributed by atoms with van der Waals surface area (Å²) in [5.74, 6) is -0.782. The number of hydrogen-bond donors (Lipinski definition) is 3. The van der Waals surface area contributed by atoms with Crippen molar-refractivity contribution in [3.8, 4) is 0 Å². The Labute approximate surface area is 114 Å². The molecule has 2 rings (SSSR count). The Bertz CT molecular complexity index is 506. The third kappa shape index (κ3) is 4.44. The maximum Gasteiger partial charge on any atom is 0.321 e. The highest BCUT2D eigenvalue weighted by Crippen LogP contribution is 2.25. The third-order valence-electron chi connectivity index (χ3n) is 2.50. The molecule has 0 spiro atoms. The Hall–Kier alpha value is -1.76. The average molecular weight is 283 g/mol. The van der Waals surface area contributed by atoms with Gasteiger partial charge >= 0.3 is 6.03 Å². The number of nitrogens with one attached hydrogen (secondary N) is 2. The lowest BCUT2D eigenvalue weighted by molar-refractivity contribution is -0.117. The standard InChI is InChI=1S/C12H14FN3O2S/c13-7-1-4-10(9(14)5-7)19-6-11(17)16-12(18)15-8-2-3-8/h1,4-5,8H,2-3,6,14H2,(H2,15,16,17,18). The van der Waals surface area contributed by atoms with E-state index in [1.807, 2.05) is 0 Å². The van der Waals surface area contributed by atoms with Gasteiger partial charge in [0, 0.05) is 16.6 Å². The average Bonchev–Trinajstić information content (AvgIpc) is 3.11. The molecule has 1 saturated carbocycles. The summed E-state index contributed by atoms with van der Waals surface area (Å²) in [5.41, 5.74) is 5.89. The van der Waals surface area contributed by atoms with Crippen LogP contribution in [0.5, 0.6) is 0 Å². The van der Waals surface area contributed by atoms with Crippen LogP contribution >= 0.6 is 11.8 Å². The van der Waals surface area contributed by atoms with Crippen molar-refractivity contribution in [2.24, 2.45) is 0 Å². The van der Waals surface area contributed by atoms with Crippen molar-refractivity contribution in [1.29, 1.82) is 0 Å². The van der Waals surface area contributed by atoms with Gasteiger partial charge in [-0.3, -0.25) is 10.1 Å². The number of imide groups is 1. The quantitative estimate of drug-likeness (QED) is 0.577. The highest BCUT2D eigenvalue weighted by molar-refractivity contribution is 8.00. The van der Waals surface area contributed by atoms with Crippen molar-refractivity contribution in [2.45, 2.75) is 23.8 Å². The zero-order valence-electron chi connectivity index (χ0n) is 10.1. The number of carbonyl (C=O) groups is 2. The Morgan fingerprint density at radius 1 is 1.42 bits per heavy atom. The van der Waals surface area contributed by atoms with Crippen LogP contribution in [0.3, 0.4) is 0 Å². The molecular formula is C12H14FN3O2S. The number of hydrogen-bond acceptors (Lipinski definition) is 4. The number of anilines is 1.